The summed E-state index contributed by atoms with van der Waals surface area (Å²) in [6.45, 7) is 3.81. The van der Waals surface area contributed by atoms with E-state index in [9.17, 15) is 10.1 Å². The molecule has 1 fully saturated rings. The molecule has 2 rings (SSSR count). The van der Waals surface area contributed by atoms with Crippen molar-refractivity contribution in [2.45, 2.75) is 19.8 Å². The van der Waals surface area contributed by atoms with Crippen molar-refractivity contribution in [3.8, 4) is 0 Å². The Labute approximate surface area is 95.0 Å². The molecule has 0 aromatic heterocycles. The Kier molecular flexibility index (Phi) is 3.08. The van der Waals surface area contributed by atoms with Crippen LogP contribution in [-0.4, -0.2) is 18.0 Å². The van der Waals surface area contributed by atoms with E-state index in [0.29, 0.717) is 0 Å². The first-order chi connectivity index (χ1) is 7.72. The molecule has 0 unspecified atom stereocenters. The van der Waals surface area contributed by atoms with E-state index >= 15 is 0 Å². The maximum atomic E-state index is 10.9. The summed E-state index contributed by atoms with van der Waals surface area (Å²) in [4.78, 5) is 12.7. The predicted octanol–water partition coefficient (Wildman–Crippen LogP) is 2.83. The highest BCUT2D eigenvalue weighted by molar-refractivity contribution is 5.63. The summed E-state index contributed by atoms with van der Waals surface area (Å²) in [5, 5.41) is 10.9. The molecule has 1 aromatic carbocycles. The highest BCUT2D eigenvalue weighted by Gasteiger charge is 2.26. The van der Waals surface area contributed by atoms with Crippen LogP contribution >= 0.6 is 0 Å². The van der Waals surface area contributed by atoms with Crippen molar-refractivity contribution < 1.29 is 4.92 Å². The van der Waals surface area contributed by atoms with Crippen LogP contribution in [0.15, 0.2) is 24.3 Å². The van der Waals surface area contributed by atoms with E-state index < -0.39 is 0 Å². The van der Waals surface area contributed by atoms with E-state index in [1.807, 2.05) is 19.1 Å². The SMILES string of the molecule is CCN(CC1CC1)c1ccccc1[N+](=O)[O-]. The van der Waals surface area contributed by atoms with Gasteiger partial charge in [0.2, 0.25) is 0 Å². The van der Waals surface area contributed by atoms with Crippen molar-refractivity contribution in [3.05, 3.63) is 34.4 Å². The number of nitrogens with zero attached hydrogens (tertiary/aromatic N) is 2. The van der Waals surface area contributed by atoms with E-state index in [1.54, 1.807) is 12.1 Å². The molecule has 1 aliphatic rings. The molecule has 16 heavy (non-hydrogen) atoms. The van der Waals surface area contributed by atoms with Crippen molar-refractivity contribution in [3.63, 3.8) is 0 Å². The van der Waals surface area contributed by atoms with Gasteiger partial charge in [-0.2, -0.15) is 0 Å². The van der Waals surface area contributed by atoms with Crippen molar-refractivity contribution in [1.82, 2.24) is 0 Å². The smallest absolute Gasteiger partial charge is 0.292 e. The molecule has 1 aliphatic carbocycles. The van der Waals surface area contributed by atoms with E-state index in [1.165, 1.54) is 12.8 Å². The van der Waals surface area contributed by atoms with Gasteiger partial charge in [0.15, 0.2) is 0 Å². The molecule has 0 atom stereocenters. The van der Waals surface area contributed by atoms with Crippen LogP contribution in [0.5, 0.6) is 0 Å². The Bertz CT molecular complexity index is 388. The van der Waals surface area contributed by atoms with Crippen LogP contribution in [-0.2, 0) is 0 Å². The number of hydrogen-bond donors (Lipinski definition) is 0. The fraction of sp³-hybridized carbons (Fsp3) is 0.500. The zero-order chi connectivity index (χ0) is 11.5. The quantitative estimate of drug-likeness (QED) is 0.566. The first kappa shape index (κ1) is 10.9. The van der Waals surface area contributed by atoms with E-state index in [2.05, 4.69) is 4.90 Å². The van der Waals surface area contributed by atoms with Gasteiger partial charge in [0, 0.05) is 19.2 Å². The van der Waals surface area contributed by atoms with Gasteiger partial charge in [-0.1, -0.05) is 12.1 Å². The van der Waals surface area contributed by atoms with E-state index in [0.717, 1.165) is 24.7 Å². The molecule has 0 heterocycles. The van der Waals surface area contributed by atoms with Gasteiger partial charge in [0.25, 0.3) is 5.69 Å². The number of nitro groups is 1. The molecule has 0 saturated heterocycles. The van der Waals surface area contributed by atoms with Gasteiger partial charge in [-0.15, -0.1) is 0 Å². The van der Waals surface area contributed by atoms with Crippen molar-refractivity contribution in [2.75, 3.05) is 18.0 Å². The second-order valence-electron chi connectivity index (χ2n) is 4.23. The van der Waals surface area contributed by atoms with Crippen molar-refractivity contribution in [2.24, 2.45) is 5.92 Å². The van der Waals surface area contributed by atoms with E-state index in [4.69, 9.17) is 0 Å². The van der Waals surface area contributed by atoms with Crippen LogP contribution in [0, 0.1) is 16.0 Å². The number of anilines is 1. The zero-order valence-electron chi connectivity index (χ0n) is 9.43. The van der Waals surface area contributed by atoms with Gasteiger partial charge < -0.3 is 4.90 Å². The molecule has 1 saturated carbocycles. The lowest BCUT2D eigenvalue weighted by atomic mass is 10.2. The van der Waals surface area contributed by atoms with Crippen LogP contribution in [0.3, 0.4) is 0 Å². The Morgan fingerprint density at radius 3 is 2.69 bits per heavy atom. The fourth-order valence-electron chi connectivity index (χ4n) is 1.90. The average Bonchev–Trinajstić information content (AvgIpc) is 3.09. The van der Waals surface area contributed by atoms with Crippen LogP contribution in [0.1, 0.15) is 19.8 Å². The molecule has 0 aliphatic heterocycles. The molecule has 0 spiro atoms. The minimum atomic E-state index is -0.301. The topological polar surface area (TPSA) is 46.4 Å². The standard InChI is InChI=1S/C12H16N2O2/c1-2-13(9-10-7-8-10)11-5-3-4-6-12(11)14(15)16/h3-6,10H,2,7-9H2,1H3. The fourth-order valence-corrected chi connectivity index (χ4v) is 1.90. The first-order valence-electron chi connectivity index (χ1n) is 5.70. The molecule has 4 nitrogen and oxygen atoms in total. The summed E-state index contributed by atoms with van der Waals surface area (Å²) >= 11 is 0. The predicted molar refractivity (Wildman–Crippen MR) is 63.7 cm³/mol. The molecule has 0 bridgehead atoms. The number of rotatable bonds is 5. The average molecular weight is 220 g/mol. The first-order valence-corrected chi connectivity index (χ1v) is 5.70. The van der Waals surface area contributed by atoms with Gasteiger partial charge in [0.1, 0.15) is 5.69 Å². The number of nitro benzene ring substituents is 1. The molecular formula is C12H16N2O2. The molecule has 0 amide bonds. The highest BCUT2D eigenvalue weighted by atomic mass is 16.6. The summed E-state index contributed by atoms with van der Waals surface area (Å²) in [6, 6.07) is 6.99. The summed E-state index contributed by atoms with van der Waals surface area (Å²) in [5.41, 5.74) is 0.965. The van der Waals surface area contributed by atoms with Crippen LogP contribution in [0.2, 0.25) is 0 Å². The third kappa shape index (κ3) is 2.32. The zero-order valence-corrected chi connectivity index (χ0v) is 9.43. The highest BCUT2D eigenvalue weighted by Crippen LogP contribution is 2.34. The number of para-hydroxylation sites is 2. The monoisotopic (exact) mass is 220 g/mol. The summed E-state index contributed by atoms with van der Waals surface area (Å²) < 4.78 is 0. The normalized spacial score (nSPS) is 14.8. The van der Waals surface area contributed by atoms with Crippen LogP contribution in [0.4, 0.5) is 11.4 Å². The summed E-state index contributed by atoms with van der Waals surface area (Å²) in [6.07, 6.45) is 2.52. The lowest BCUT2D eigenvalue weighted by molar-refractivity contribution is -0.384. The Hall–Kier alpha value is -1.58. The Balaban J connectivity index is 2.24. The maximum absolute atomic E-state index is 10.9. The second kappa shape index (κ2) is 4.51. The molecule has 86 valence electrons. The van der Waals surface area contributed by atoms with Gasteiger partial charge >= 0.3 is 0 Å². The van der Waals surface area contributed by atoms with Gasteiger partial charge in [-0.25, -0.2) is 0 Å². The third-order valence-electron chi connectivity index (χ3n) is 2.98. The largest absolute Gasteiger partial charge is 0.366 e. The van der Waals surface area contributed by atoms with Crippen LogP contribution in [0.25, 0.3) is 0 Å². The van der Waals surface area contributed by atoms with Gasteiger partial charge in [-0.3, -0.25) is 10.1 Å². The summed E-state index contributed by atoms with van der Waals surface area (Å²) in [7, 11) is 0. The number of hydrogen-bond acceptors (Lipinski definition) is 3. The molecule has 1 aromatic rings. The minimum Gasteiger partial charge on any atom is -0.366 e. The van der Waals surface area contributed by atoms with Gasteiger partial charge in [-0.05, 0) is 31.7 Å². The van der Waals surface area contributed by atoms with Crippen molar-refractivity contribution in [1.29, 1.82) is 0 Å². The maximum Gasteiger partial charge on any atom is 0.292 e. The lowest BCUT2D eigenvalue weighted by Crippen LogP contribution is -2.25. The lowest BCUT2D eigenvalue weighted by Gasteiger charge is -2.22. The molecule has 0 N–H and O–H groups in total. The minimum absolute atomic E-state index is 0.213. The number of benzene rings is 1. The Morgan fingerprint density at radius 1 is 1.44 bits per heavy atom. The second-order valence-corrected chi connectivity index (χ2v) is 4.23. The molecule has 0 radical (unpaired) electrons. The van der Waals surface area contributed by atoms with Crippen molar-refractivity contribution >= 4 is 11.4 Å². The summed E-state index contributed by atoms with van der Waals surface area (Å²) in [5.74, 6) is 0.736. The molecule has 4 heteroatoms. The van der Waals surface area contributed by atoms with Gasteiger partial charge in [0.05, 0.1) is 4.92 Å². The van der Waals surface area contributed by atoms with Crippen LogP contribution < -0.4 is 4.90 Å². The Morgan fingerprint density at radius 2 is 2.12 bits per heavy atom. The molecular weight excluding hydrogens is 204 g/mol. The third-order valence-corrected chi connectivity index (χ3v) is 2.98. The van der Waals surface area contributed by atoms with E-state index in [-0.39, 0.29) is 10.6 Å².